The van der Waals surface area contributed by atoms with E-state index in [1.54, 1.807) is 21.3 Å². The molecule has 1 aromatic heterocycles. The van der Waals surface area contributed by atoms with Crippen LogP contribution in [0.15, 0.2) is 76.4 Å². The molecule has 8 nitrogen and oxygen atoms in total. The molecule has 10 heteroatoms. The lowest BCUT2D eigenvalue weighted by atomic mass is 10.1. The van der Waals surface area contributed by atoms with Gasteiger partial charge in [-0.3, -0.25) is 4.79 Å². The van der Waals surface area contributed by atoms with Crippen LogP contribution < -0.4 is 19.5 Å². The molecule has 0 fully saturated rings. The van der Waals surface area contributed by atoms with Crippen LogP contribution in [0.25, 0.3) is 11.4 Å². The number of ether oxygens (including phenoxy) is 3. The van der Waals surface area contributed by atoms with Crippen molar-refractivity contribution in [3.05, 3.63) is 76.8 Å². The van der Waals surface area contributed by atoms with E-state index in [1.807, 2.05) is 59.2 Å². The van der Waals surface area contributed by atoms with Crippen LogP contribution in [-0.2, 0) is 17.8 Å². The summed E-state index contributed by atoms with van der Waals surface area (Å²) >= 11 is 4.74. The van der Waals surface area contributed by atoms with Gasteiger partial charge in [-0.2, -0.15) is 0 Å². The SMILES string of the molecule is COc1cc(-c2nnc(SCC(=O)Nc3ccc(Br)cc3)n2CCc2ccccc2)cc(OC)c1OC. The molecule has 0 unspecified atom stereocenters. The first-order chi connectivity index (χ1) is 18.0. The predicted molar refractivity (Wildman–Crippen MR) is 149 cm³/mol. The first kappa shape index (κ1) is 26.6. The van der Waals surface area contributed by atoms with E-state index in [0.29, 0.717) is 34.8 Å². The van der Waals surface area contributed by atoms with Gasteiger partial charge < -0.3 is 24.1 Å². The van der Waals surface area contributed by atoms with Gasteiger partial charge in [0.2, 0.25) is 11.7 Å². The van der Waals surface area contributed by atoms with Gasteiger partial charge in [0.1, 0.15) is 0 Å². The number of aromatic nitrogens is 3. The Labute approximate surface area is 228 Å². The van der Waals surface area contributed by atoms with Gasteiger partial charge in [0.25, 0.3) is 0 Å². The van der Waals surface area contributed by atoms with Crippen molar-refractivity contribution in [1.29, 1.82) is 0 Å². The molecular weight excluding hydrogens is 556 g/mol. The van der Waals surface area contributed by atoms with E-state index >= 15 is 0 Å². The zero-order valence-corrected chi connectivity index (χ0v) is 23.1. The molecule has 1 heterocycles. The summed E-state index contributed by atoms with van der Waals surface area (Å²) in [5.41, 5.74) is 2.69. The molecule has 192 valence electrons. The van der Waals surface area contributed by atoms with Crippen LogP contribution >= 0.6 is 27.7 Å². The number of hydrogen-bond acceptors (Lipinski definition) is 7. The van der Waals surface area contributed by atoms with Crippen molar-refractivity contribution in [2.24, 2.45) is 0 Å². The van der Waals surface area contributed by atoms with Crippen molar-refractivity contribution in [1.82, 2.24) is 14.8 Å². The minimum Gasteiger partial charge on any atom is -0.493 e. The summed E-state index contributed by atoms with van der Waals surface area (Å²) in [5.74, 6) is 2.26. The van der Waals surface area contributed by atoms with Gasteiger partial charge in [-0.15, -0.1) is 10.2 Å². The maximum atomic E-state index is 12.6. The Kier molecular flexibility index (Phi) is 9.08. The largest absolute Gasteiger partial charge is 0.493 e. The van der Waals surface area contributed by atoms with Crippen LogP contribution in [0.2, 0.25) is 0 Å². The smallest absolute Gasteiger partial charge is 0.234 e. The molecule has 0 saturated heterocycles. The second kappa shape index (κ2) is 12.6. The fraction of sp³-hybridized carbons (Fsp3) is 0.222. The summed E-state index contributed by atoms with van der Waals surface area (Å²) in [4.78, 5) is 12.6. The lowest BCUT2D eigenvalue weighted by molar-refractivity contribution is -0.113. The molecule has 0 aliphatic rings. The number of hydrogen-bond donors (Lipinski definition) is 1. The molecule has 3 aromatic carbocycles. The van der Waals surface area contributed by atoms with Crippen molar-refractivity contribution in [2.75, 3.05) is 32.4 Å². The average Bonchev–Trinajstić information content (AvgIpc) is 3.34. The quantitative estimate of drug-likeness (QED) is 0.227. The summed E-state index contributed by atoms with van der Waals surface area (Å²) < 4.78 is 19.5. The van der Waals surface area contributed by atoms with Gasteiger partial charge in [-0.05, 0) is 48.4 Å². The number of benzene rings is 3. The number of aryl methyl sites for hydroxylation is 1. The Morgan fingerprint density at radius 2 is 1.62 bits per heavy atom. The lowest BCUT2D eigenvalue weighted by Crippen LogP contribution is -2.15. The molecule has 0 saturated carbocycles. The molecule has 4 aromatic rings. The van der Waals surface area contributed by atoms with Crippen LogP contribution in [0.4, 0.5) is 5.69 Å². The fourth-order valence-corrected chi connectivity index (χ4v) is 4.80. The number of rotatable bonds is 11. The maximum Gasteiger partial charge on any atom is 0.234 e. The van der Waals surface area contributed by atoms with Crippen LogP contribution in [0.3, 0.4) is 0 Å². The number of amides is 1. The molecule has 0 spiro atoms. The highest BCUT2D eigenvalue weighted by molar-refractivity contribution is 9.10. The number of thioether (sulfide) groups is 1. The highest BCUT2D eigenvalue weighted by Crippen LogP contribution is 2.41. The molecule has 0 bridgehead atoms. The Balaban J connectivity index is 1.61. The first-order valence-electron chi connectivity index (χ1n) is 11.5. The topological polar surface area (TPSA) is 87.5 Å². The van der Waals surface area contributed by atoms with E-state index in [-0.39, 0.29) is 11.7 Å². The molecule has 1 amide bonds. The lowest BCUT2D eigenvalue weighted by Gasteiger charge is -2.15. The summed E-state index contributed by atoms with van der Waals surface area (Å²) in [5, 5.41) is 12.5. The molecule has 0 aliphatic heterocycles. The molecule has 37 heavy (non-hydrogen) atoms. The monoisotopic (exact) mass is 582 g/mol. The van der Waals surface area contributed by atoms with Gasteiger partial charge >= 0.3 is 0 Å². The van der Waals surface area contributed by atoms with Crippen LogP contribution in [-0.4, -0.2) is 47.8 Å². The van der Waals surface area contributed by atoms with Crippen molar-refractivity contribution in [2.45, 2.75) is 18.1 Å². The number of halogens is 1. The van der Waals surface area contributed by atoms with Gasteiger partial charge in [0.15, 0.2) is 22.5 Å². The van der Waals surface area contributed by atoms with Crippen molar-refractivity contribution in [3.63, 3.8) is 0 Å². The summed E-state index contributed by atoms with van der Waals surface area (Å²) in [7, 11) is 4.72. The number of carbonyl (C=O) groups excluding carboxylic acids is 1. The van der Waals surface area contributed by atoms with E-state index in [2.05, 4.69) is 43.6 Å². The second-order valence-electron chi connectivity index (χ2n) is 7.95. The summed E-state index contributed by atoms with van der Waals surface area (Å²) in [6.45, 7) is 0.625. The molecule has 1 N–H and O–H groups in total. The predicted octanol–water partition coefficient (Wildman–Crippen LogP) is 5.71. The average molecular weight is 584 g/mol. The van der Waals surface area contributed by atoms with Gasteiger partial charge in [0.05, 0.1) is 27.1 Å². The van der Waals surface area contributed by atoms with Gasteiger partial charge in [-0.1, -0.05) is 58.0 Å². The zero-order valence-electron chi connectivity index (χ0n) is 20.7. The van der Waals surface area contributed by atoms with Crippen molar-refractivity contribution >= 4 is 39.3 Å². The van der Waals surface area contributed by atoms with Crippen LogP contribution in [0.5, 0.6) is 17.2 Å². The molecule has 4 rings (SSSR count). The highest BCUT2D eigenvalue weighted by atomic mass is 79.9. The van der Waals surface area contributed by atoms with E-state index < -0.39 is 0 Å². The zero-order chi connectivity index (χ0) is 26.2. The number of carbonyl (C=O) groups is 1. The Morgan fingerprint density at radius 3 is 2.24 bits per heavy atom. The second-order valence-corrected chi connectivity index (χ2v) is 9.81. The van der Waals surface area contributed by atoms with Crippen LogP contribution in [0.1, 0.15) is 5.56 Å². The third-order valence-corrected chi connectivity index (χ3v) is 7.06. The Morgan fingerprint density at radius 1 is 0.946 bits per heavy atom. The first-order valence-corrected chi connectivity index (χ1v) is 13.3. The number of nitrogens with zero attached hydrogens (tertiary/aromatic N) is 3. The van der Waals surface area contributed by atoms with Crippen molar-refractivity contribution in [3.8, 4) is 28.6 Å². The molecule has 0 radical (unpaired) electrons. The summed E-state index contributed by atoms with van der Waals surface area (Å²) in [6.07, 6.45) is 0.773. The third kappa shape index (κ3) is 6.64. The standard InChI is InChI=1S/C27H27BrN4O4S/c1-34-22-15-19(16-23(35-2)25(22)36-3)26-30-31-27(32(26)14-13-18-7-5-4-6-8-18)37-17-24(33)29-21-11-9-20(28)10-12-21/h4-12,15-16H,13-14,17H2,1-3H3,(H,29,33). The molecule has 0 aliphatic carbocycles. The Hall–Kier alpha value is -3.50. The van der Waals surface area contributed by atoms with E-state index in [9.17, 15) is 4.79 Å². The normalized spacial score (nSPS) is 10.7. The number of nitrogens with one attached hydrogen (secondary N) is 1. The van der Waals surface area contributed by atoms with E-state index in [0.717, 1.165) is 22.1 Å². The fourth-order valence-electron chi connectivity index (χ4n) is 3.77. The van der Waals surface area contributed by atoms with Crippen molar-refractivity contribution < 1.29 is 19.0 Å². The number of methoxy groups -OCH3 is 3. The highest BCUT2D eigenvalue weighted by Gasteiger charge is 2.20. The molecular formula is C27H27BrN4O4S. The van der Waals surface area contributed by atoms with Gasteiger partial charge in [-0.25, -0.2) is 0 Å². The third-order valence-electron chi connectivity index (χ3n) is 5.57. The number of anilines is 1. The molecule has 0 atom stereocenters. The summed E-state index contributed by atoms with van der Waals surface area (Å²) in [6, 6.07) is 21.3. The minimum absolute atomic E-state index is 0.126. The van der Waals surface area contributed by atoms with Crippen LogP contribution in [0, 0.1) is 0 Å². The Bertz CT molecular complexity index is 1320. The van der Waals surface area contributed by atoms with E-state index in [4.69, 9.17) is 14.2 Å². The maximum absolute atomic E-state index is 12.6. The van der Waals surface area contributed by atoms with E-state index in [1.165, 1.54) is 17.3 Å². The van der Waals surface area contributed by atoms with Gasteiger partial charge in [0, 0.05) is 22.3 Å². The minimum atomic E-state index is -0.126.